The molecule has 0 bridgehead atoms. The topological polar surface area (TPSA) is 168 Å². The molecule has 0 saturated carbocycles. The molecule has 2 aromatic carbocycles. The highest BCUT2D eigenvalue weighted by Gasteiger charge is 2.41. The van der Waals surface area contributed by atoms with Gasteiger partial charge in [0.25, 0.3) is 5.69 Å². The van der Waals surface area contributed by atoms with E-state index in [1.807, 2.05) is 24.3 Å². The summed E-state index contributed by atoms with van der Waals surface area (Å²) in [4.78, 5) is 37.8. The average molecular weight is 639 g/mol. The zero-order valence-electron chi connectivity index (χ0n) is 20.7. The van der Waals surface area contributed by atoms with Gasteiger partial charge in [-0.3, -0.25) is 24.6 Å². The van der Waals surface area contributed by atoms with Crippen LogP contribution in [0.5, 0.6) is 0 Å². The van der Waals surface area contributed by atoms with E-state index in [-0.39, 0.29) is 34.5 Å². The van der Waals surface area contributed by atoms with Crippen LogP contribution in [0.25, 0.3) is 0 Å². The van der Waals surface area contributed by atoms with Crippen LogP contribution >= 0.6 is 39.0 Å². The number of carbonyl (C=O) groups is 2. The fourth-order valence-corrected chi connectivity index (χ4v) is 6.89. The lowest BCUT2D eigenvalue weighted by atomic mass is 9.76. The number of hydrogen-bond acceptors (Lipinski definition) is 11. The van der Waals surface area contributed by atoms with Gasteiger partial charge >= 0.3 is 0 Å². The molecule has 1 amide bonds. The summed E-state index contributed by atoms with van der Waals surface area (Å²) in [5.41, 5.74) is 9.05. The number of carbonyl (C=O) groups excluding carboxylic acids is 2. The lowest BCUT2D eigenvalue weighted by Gasteiger charge is -2.38. The van der Waals surface area contributed by atoms with Crippen molar-refractivity contribution in [2.75, 3.05) is 16.0 Å². The Morgan fingerprint density at radius 1 is 1.27 bits per heavy atom. The van der Waals surface area contributed by atoms with Crippen molar-refractivity contribution >= 4 is 67.2 Å². The van der Waals surface area contributed by atoms with Crippen molar-refractivity contribution in [3.8, 4) is 6.07 Å². The summed E-state index contributed by atoms with van der Waals surface area (Å²) in [6, 6.07) is 15.4. The molecule has 0 saturated heterocycles. The van der Waals surface area contributed by atoms with Gasteiger partial charge in [0.15, 0.2) is 10.1 Å². The van der Waals surface area contributed by atoms with Gasteiger partial charge in [-0.05, 0) is 30.5 Å². The number of benzene rings is 2. The number of nitrogens with one attached hydrogen (secondary N) is 1. The fourth-order valence-electron chi connectivity index (χ4n) is 4.70. The second-order valence-electron chi connectivity index (χ2n) is 8.83. The van der Waals surface area contributed by atoms with Crippen LogP contribution in [0.15, 0.2) is 80.0 Å². The van der Waals surface area contributed by atoms with Crippen LogP contribution in [0.1, 0.15) is 30.7 Å². The third-order valence-electron chi connectivity index (χ3n) is 6.38. The van der Waals surface area contributed by atoms with Gasteiger partial charge in [0, 0.05) is 40.0 Å². The van der Waals surface area contributed by atoms with E-state index in [1.165, 1.54) is 29.5 Å². The maximum atomic E-state index is 13.3. The number of Topliss-reactive ketones (excluding diaryl/α,β-unsaturated/α-hetero) is 1. The van der Waals surface area contributed by atoms with E-state index >= 15 is 0 Å². The van der Waals surface area contributed by atoms with E-state index in [9.17, 15) is 25.0 Å². The number of nitro groups is 1. The second-order valence-corrected chi connectivity index (χ2v) is 11.9. The normalized spacial score (nSPS) is 16.9. The number of nitrogens with two attached hydrogens (primary N) is 1. The van der Waals surface area contributed by atoms with E-state index in [0.717, 1.165) is 21.8 Å². The number of aromatic nitrogens is 2. The quantitative estimate of drug-likeness (QED) is 0.198. The van der Waals surface area contributed by atoms with Gasteiger partial charge in [-0.25, -0.2) is 0 Å². The molecular weight excluding hydrogens is 618 g/mol. The molecular formula is C26H20BrN7O4S2. The van der Waals surface area contributed by atoms with Crippen molar-refractivity contribution in [1.82, 2.24) is 10.2 Å². The maximum Gasteiger partial charge on any atom is 0.271 e. The van der Waals surface area contributed by atoms with Crippen LogP contribution < -0.4 is 16.0 Å². The molecule has 2 heterocycles. The first-order valence-corrected chi connectivity index (χ1v) is 14.6. The molecule has 11 nitrogen and oxygen atoms in total. The summed E-state index contributed by atoms with van der Waals surface area (Å²) < 4.78 is 1.25. The number of ketones is 1. The van der Waals surface area contributed by atoms with E-state index in [2.05, 4.69) is 37.5 Å². The molecule has 1 aromatic heterocycles. The molecule has 1 unspecified atom stereocenters. The fraction of sp³-hybridized carbons (Fsp3) is 0.192. The standard InChI is InChI=1S/C26H20BrN7O4S2/c27-18-8-2-1-7-16(18)22-17(12-28)24(29)33(19-9-4-10-20(35)23(19)22)25-31-32-26(40-25)39-13-21(36)30-14-5-3-6-15(11-14)34(37)38/h1-3,5-8,11,22H,4,9-10,13,29H2,(H,30,36). The molecule has 14 heteroatoms. The molecule has 202 valence electrons. The highest BCUT2D eigenvalue weighted by atomic mass is 79.9. The monoisotopic (exact) mass is 637 g/mol. The molecule has 0 spiro atoms. The number of halogens is 1. The Balaban J connectivity index is 1.40. The summed E-state index contributed by atoms with van der Waals surface area (Å²) in [7, 11) is 0. The lowest BCUT2D eigenvalue weighted by molar-refractivity contribution is -0.384. The highest BCUT2D eigenvalue weighted by molar-refractivity contribution is 9.10. The minimum absolute atomic E-state index is 0.0113. The largest absolute Gasteiger partial charge is 0.384 e. The number of nitriles is 1. The number of hydrogen-bond donors (Lipinski definition) is 2. The minimum atomic E-state index is -0.598. The number of nitro benzene ring substituents is 1. The van der Waals surface area contributed by atoms with Crippen LogP contribution in [0.2, 0.25) is 0 Å². The number of amides is 1. The zero-order valence-corrected chi connectivity index (χ0v) is 23.9. The Morgan fingerprint density at radius 2 is 2.08 bits per heavy atom. The third kappa shape index (κ3) is 5.35. The van der Waals surface area contributed by atoms with Crippen molar-refractivity contribution in [3.05, 3.63) is 91.3 Å². The summed E-state index contributed by atoms with van der Waals surface area (Å²) in [5.74, 6) is -0.829. The number of allylic oxidation sites excluding steroid dienone is 3. The minimum Gasteiger partial charge on any atom is -0.384 e. The van der Waals surface area contributed by atoms with E-state index < -0.39 is 10.8 Å². The molecule has 1 aliphatic carbocycles. The SMILES string of the molecule is N#CC1=C(N)N(c2nnc(SCC(=O)Nc3cccc([N+](=O)[O-])c3)s2)C2=C(C(=O)CCC2)C1c1ccccc1Br. The summed E-state index contributed by atoms with van der Waals surface area (Å²) in [6.07, 6.45) is 1.60. The molecule has 1 aliphatic heterocycles. The van der Waals surface area contributed by atoms with Crippen LogP contribution in [0.3, 0.4) is 0 Å². The summed E-state index contributed by atoms with van der Waals surface area (Å²) in [6.45, 7) is 0. The number of anilines is 2. The van der Waals surface area contributed by atoms with Crippen molar-refractivity contribution in [1.29, 1.82) is 5.26 Å². The van der Waals surface area contributed by atoms with Crippen molar-refractivity contribution < 1.29 is 14.5 Å². The Bertz CT molecular complexity index is 1650. The van der Waals surface area contributed by atoms with Gasteiger partial charge in [-0.15, -0.1) is 10.2 Å². The molecule has 2 aliphatic rings. The van der Waals surface area contributed by atoms with Crippen molar-refractivity contribution in [2.24, 2.45) is 5.73 Å². The Hall–Kier alpha value is -4.06. The van der Waals surface area contributed by atoms with Gasteiger partial charge in [-0.2, -0.15) is 5.26 Å². The number of non-ortho nitro benzene ring substituents is 1. The average Bonchev–Trinajstić information content (AvgIpc) is 3.40. The van der Waals surface area contributed by atoms with Gasteiger partial charge < -0.3 is 11.1 Å². The van der Waals surface area contributed by atoms with Gasteiger partial charge in [-0.1, -0.05) is 63.3 Å². The molecule has 0 fully saturated rings. The number of rotatable bonds is 7. The summed E-state index contributed by atoms with van der Waals surface area (Å²) >= 11 is 5.89. The molecule has 40 heavy (non-hydrogen) atoms. The first-order chi connectivity index (χ1) is 19.3. The smallest absolute Gasteiger partial charge is 0.271 e. The first kappa shape index (κ1) is 27.5. The zero-order chi connectivity index (χ0) is 28.4. The van der Waals surface area contributed by atoms with Gasteiger partial charge in [0.2, 0.25) is 11.0 Å². The Kier molecular flexibility index (Phi) is 7.97. The lowest BCUT2D eigenvalue weighted by Crippen LogP contribution is -2.38. The molecule has 3 aromatic rings. The van der Waals surface area contributed by atoms with Crippen LogP contribution in [-0.2, 0) is 9.59 Å². The van der Waals surface area contributed by atoms with E-state index in [4.69, 9.17) is 5.73 Å². The number of nitrogens with zero attached hydrogens (tertiary/aromatic N) is 5. The van der Waals surface area contributed by atoms with Gasteiger partial charge in [0.1, 0.15) is 5.82 Å². The van der Waals surface area contributed by atoms with Crippen LogP contribution in [-0.4, -0.2) is 32.6 Å². The molecule has 0 radical (unpaired) electrons. The second kappa shape index (κ2) is 11.6. The predicted octanol–water partition coefficient (Wildman–Crippen LogP) is 5.24. The van der Waals surface area contributed by atoms with Crippen LogP contribution in [0.4, 0.5) is 16.5 Å². The van der Waals surface area contributed by atoms with Crippen LogP contribution in [0, 0.1) is 21.4 Å². The van der Waals surface area contributed by atoms with Crippen molar-refractivity contribution in [2.45, 2.75) is 29.5 Å². The third-order valence-corrected chi connectivity index (χ3v) is 9.15. The molecule has 1 atom stereocenters. The molecule has 5 rings (SSSR count). The van der Waals surface area contributed by atoms with Gasteiger partial charge in [0.05, 0.1) is 28.2 Å². The maximum absolute atomic E-state index is 13.3. The highest BCUT2D eigenvalue weighted by Crippen LogP contribution is 2.48. The Labute approximate surface area is 245 Å². The van der Waals surface area contributed by atoms with E-state index in [0.29, 0.717) is 45.7 Å². The summed E-state index contributed by atoms with van der Waals surface area (Å²) in [5, 5.41) is 32.6. The molecule has 3 N–H and O–H groups in total. The number of thioether (sulfide) groups is 1. The Morgan fingerprint density at radius 3 is 2.83 bits per heavy atom. The first-order valence-electron chi connectivity index (χ1n) is 12.0. The van der Waals surface area contributed by atoms with Crippen molar-refractivity contribution in [3.63, 3.8) is 0 Å². The van der Waals surface area contributed by atoms with E-state index in [1.54, 1.807) is 11.0 Å². The predicted molar refractivity (Wildman–Crippen MR) is 154 cm³/mol.